The predicted molar refractivity (Wildman–Crippen MR) is 90.5 cm³/mol. The quantitative estimate of drug-likeness (QED) is 0.846. The van der Waals surface area contributed by atoms with Gasteiger partial charge in [-0.25, -0.2) is 4.68 Å². The van der Waals surface area contributed by atoms with E-state index in [1.54, 1.807) is 18.2 Å². The molecule has 1 saturated carbocycles. The number of benzene rings is 1. The number of rotatable bonds is 2. The lowest BCUT2D eigenvalue weighted by atomic mass is 9.78. The number of fused-ring (bicyclic) bond motifs is 2. The van der Waals surface area contributed by atoms with E-state index in [-0.39, 0.29) is 18.0 Å². The number of amides is 1. The molecule has 2 atom stereocenters. The van der Waals surface area contributed by atoms with Gasteiger partial charge in [0.25, 0.3) is 5.56 Å². The zero-order valence-electron chi connectivity index (χ0n) is 13.7. The lowest BCUT2D eigenvalue weighted by molar-refractivity contribution is -0.138. The van der Waals surface area contributed by atoms with Gasteiger partial charge in [0, 0.05) is 12.6 Å². The smallest absolute Gasteiger partial charge is 0.278 e. The molecule has 1 aliphatic carbocycles. The normalized spacial score (nSPS) is 23.9. The highest BCUT2D eigenvalue weighted by molar-refractivity contribution is 5.78. The van der Waals surface area contributed by atoms with Gasteiger partial charge < -0.3 is 4.90 Å². The van der Waals surface area contributed by atoms with E-state index >= 15 is 0 Å². The number of carbonyl (C=O) groups is 1. The van der Waals surface area contributed by atoms with Crippen LogP contribution in [0.1, 0.15) is 38.5 Å². The van der Waals surface area contributed by atoms with Crippen LogP contribution in [-0.2, 0) is 11.3 Å². The van der Waals surface area contributed by atoms with E-state index in [9.17, 15) is 9.59 Å². The predicted octanol–water partition coefficient (Wildman–Crippen LogP) is 1.97. The van der Waals surface area contributed by atoms with Gasteiger partial charge in [-0.05, 0) is 43.7 Å². The molecule has 1 aromatic heterocycles. The minimum Gasteiger partial charge on any atom is -0.338 e. The van der Waals surface area contributed by atoms with Crippen LogP contribution in [-0.4, -0.2) is 38.4 Å². The summed E-state index contributed by atoms with van der Waals surface area (Å²) in [7, 11) is 0. The first-order valence-corrected chi connectivity index (χ1v) is 8.86. The molecule has 1 amide bonds. The van der Waals surface area contributed by atoms with Crippen molar-refractivity contribution in [2.45, 2.75) is 51.1 Å². The standard InChI is InChI=1S/C18H22N4O2/c23-17(21-11-5-7-13-6-1-4-10-16(13)21)12-22-18(24)14-8-2-3-9-15(14)19-20-22/h2-3,8-9,13,16H,1,4-7,10-12H2/t13-,16+/m0/s1. The molecule has 24 heavy (non-hydrogen) atoms. The molecule has 2 fully saturated rings. The number of hydrogen-bond acceptors (Lipinski definition) is 4. The van der Waals surface area contributed by atoms with Crippen LogP contribution in [0.2, 0.25) is 0 Å². The van der Waals surface area contributed by atoms with Gasteiger partial charge in [-0.1, -0.05) is 30.2 Å². The summed E-state index contributed by atoms with van der Waals surface area (Å²) >= 11 is 0. The summed E-state index contributed by atoms with van der Waals surface area (Å²) in [5.74, 6) is 0.633. The Balaban J connectivity index is 1.57. The number of aromatic nitrogens is 3. The van der Waals surface area contributed by atoms with Gasteiger partial charge in [0.2, 0.25) is 5.91 Å². The molecule has 4 rings (SSSR count). The van der Waals surface area contributed by atoms with Crippen LogP contribution in [0.3, 0.4) is 0 Å². The van der Waals surface area contributed by atoms with E-state index < -0.39 is 0 Å². The Hall–Kier alpha value is -2.24. The Kier molecular flexibility index (Phi) is 4.04. The Morgan fingerprint density at radius 3 is 2.83 bits per heavy atom. The molecule has 1 saturated heterocycles. The average molecular weight is 326 g/mol. The van der Waals surface area contributed by atoms with E-state index in [0.29, 0.717) is 22.9 Å². The summed E-state index contributed by atoms with van der Waals surface area (Å²) in [5, 5.41) is 8.52. The molecule has 0 N–H and O–H groups in total. The maximum absolute atomic E-state index is 12.8. The lowest BCUT2D eigenvalue weighted by Crippen LogP contribution is -2.51. The summed E-state index contributed by atoms with van der Waals surface area (Å²) in [5.41, 5.74) is 0.322. The number of carbonyl (C=O) groups excluding carboxylic acids is 1. The zero-order chi connectivity index (χ0) is 16.5. The largest absolute Gasteiger partial charge is 0.338 e. The van der Waals surface area contributed by atoms with Crippen molar-refractivity contribution in [1.29, 1.82) is 0 Å². The van der Waals surface area contributed by atoms with Crippen molar-refractivity contribution in [3.63, 3.8) is 0 Å². The van der Waals surface area contributed by atoms with Gasteiger partial charge >= 0.3 is 0 Å². The van der Waals surface area contributed by atoms with E-state index in [2.05, 4.69) is 10.3 Å². The summed E-state index contributed by atoms with van der Waals surface area (Å²) < 4.78 is 1.21. The van der Waals surface area contributed by atoms with E-state index in [4.69, 9.17) is 0 Å². The molecule has 0 bridgehead atoms. The highest BCUT2D eigenvalue weighted by atomic mass is 16.2. The molecule has 6 nitrogen and oxygen atoms in total. The number of nitrogens with zero attached hydrogens (tertiary/aromatic N) is 4. The summed E-state index contributed by atoms with van der Waals surface area (Å²) in [6.07, 6.45) is 7.08. The molecule has 2 aromatic rings. The van der Waals surface area contributed by atoms with E-state index in [0.717, 1.165) is 19.4 Å². The topological polar surface area (TPSA) is 68.1 Å². The van der Waals surface area contributed by atoms with Crippen molar-refractivity contribution in [3.05, 3.63) is 34.6 Å². The van der Waals surface area contributed by atoms with Crippen molar-refractivity contribution in [3.8, 4) is 0 Å². The molecule has 0 spiro atoms. The second-order valence-corrected chi connectivity index (χ2v) is 6.91. The number of likely N-dealkylation sites (tertiary alicyclic amines) is 1. The number of piperidine rings is 1. The molecule has 0 radical (unpaired) electrons. The number of hydrogen-bond donors (Lipinski definition) is 0. The van der Waals surface area contributed by atoms with E-state index in [1.807, 2.05) is 11.0 Å². The molecule has 2 heterocycles. The first-order chi connectivity index (χ1) is 11.7. The fourth-order valence-electron chi connectivity index (χ4n) is 4.28. The molecular formula is C18H22N4O2. The van der Waals surface area contributed by atoms with Gasteiger partial charge in [0.1, 0.15) is 12.1 Å². The Labute approximate surface area is 140 Å². The molecule has 1 aromatic carbocycles. The van der Waals surface area contributed by atoms with Crippen LogP contribution in [0, 0.1) is 5.92 Å². The fraction of sp³-hybridized carbons (Fsp3) is 0.556. The van der Waals surface area contributed by atoms with Gasteiger partial charge in [-0.15, -0.1) is 5.10 Å². The van der Waals surface area contributed by atoms with Gasteiger partial charge in [0.15, 0.2) is 0 Å². The van der Waals surface area contributed by atoms with Crippen LogP contribution < -0.4 is 5.56 Å². The Morgan fingerprint density at radius 1 is 1.12 bits per heavy atom. The van der Waals surface area contributed by atoms with Gasteiger partial charge in [-0.3, -0.25) is 9.59 Å². The third-order valence-electron chi connectivity index (χ3n) is 5.48. The van der Waals surface area contributed by atoms with Crippen molar-refractivity contribution in [2.75, 3.05) is 6.54 Å². The molecule has 6 heteroatoms. The summed E-state index contributed by atoms with van der Waals surface area (Å²) in [4.78, 5) is 27.3. The van der Waals surface area contributed by atoms with Crippen molar-refractivity contribution >= 4 is 16.8 Å². The van der Waals surface area contributed by atoms with Crippen molar-refractivity contribution in [2.24, 2.45) is 5.92 Å². The molecule has 0 unspecified atom stereocenters. The molecule has 1 aliphatic heterocycles. The second kappa shape index (κ2) is 6.34. The van der Waals surface area contributed by atoms with Crippen LogP contribution >= 0.6 is 0 Å². The molecule has 2 aliphatic rings. The maximum Gasteiger partial charge on any atom is 0.278 e. The summed E-state index contributed by atoms with van der Waals surface area (Å²) in [6, 6.07) is 7.46. The lowest BCUT2D eigenvalue weighted by Gasteiger charge is -2.44. The highest BCUT2D eigenvalue weighted by Gasteiger charge is 2.35. The average Bonchev–Trinajstić information content (AvgIpc) is 2.63. The zero-order valence-corrected chi connectivity index (χ0v) is 13.7. The van der Waals surface area contributed by atoms with Crippen LogP contribution in [0.4, 0.5) is 0 Å². The molecular weight excluding hydrogens is 304 g/mol. The van der Waals surface area contributed by atoms with Gasteiger partial charge in [-0.2, -0.15) is 0 Å². The van der Waals surface area contributed by atoms with Gasteiger partial charge in [0.05, 0.1) is 5.39 Å². The van der Waals surface area contributed by atoms with E-state index in [1.165, 1.54) is 30.4 Å². The minimum atomic E-state index is -0.244. The van der Waals surface area contributed by atoms with Crippen LogP contribution in [0.5, 0.6) is 0 Å². The first kappa shape index (κ1) is 15.3. The maximum atomic E-state index is 12.8. The van der Waals surface area contributed by atoms with Crippen molar-refractivity contribution in [1.82, 2.24) is 19.9 Å². The minimum absolute atomic E-state index is 0.00159. The third kappa shape index (κ3) is 2.70. The first-order valence-electron chi connectivity index (χ1n) is 8.86. The molecule has 126 valence electrons. The second-order valence-electron chi connectivity index (χ2n) is 6.91. The van der Waals surface area contributed by atoms with Crippen LogP contribution in [0.15, 0.2) is 29.1 Å². The summed E-state index contributed by atoms with van der Waals surface area (Å²) in [6.45, 7) is 0.787. The third-order valence-corrected chi connectivity index (χ3v) is 5.48. The fourth-order valence-corrected chi connectivity index (χ4v) is 4.28. The highest BCUT2D eigenvalue weighted by Crippen LogP contribution is 2.35. The Morgan fingerprint density at radius 2 is 1.92 bits per heavy atom. The Bertz CT molecular complexity index is 814. The SMILES string of the molecule is O=C(Cn1nnc2ccccc2c1=O)N1CCC[C@@H]2CCCC[C@H]21. The monoisotopic (exact) mass is 326 g/mol. The van der Waals surface area contributed by atoms with Crippen LogP contribution in [0.25, 0.3) is 10.9 Å². The van der Waals surface area contributed by atoms with Crippen molar-refractivity contribution < 1.29 is 4.79 Å².